The summed E-state index contributed by atoms with van der Waals surface area (Å²) in [7, 11) is 8.89. The molecule has 0 rings (SSSR count). The number of halogens is 1. The summed E-state index contributed by atoms with van der Waals surface area (Å²) >= 11 is 5.89. The van der Waals surface area contributed by atoms with Gasteiger partial charge in [-0.2, -0.15) is 0 Å². The van der Waals surface area contributed by atoms with Gasteiger partial charge in [-0.1, -0.05) is 11.6 Å². The van der Waals surface area contributed by atoms with Crippen LogP contribution in [0.4, 0.5) is 0 Å². The van der Waals surface area contributed by atoms with E-state index in [4.69, 9.17) is 11.6 Å². The topological polar surface area (TPSA) is 6.48 Å². The van der Waals surface area contributed by atoms with Crippen molar-refractivity contribution in [2.75, 3.05) is 28.2 Å². The summed E-state index contributed by atoms with van der Waals surface area (Å²) in [5, 5.41) is 0. The predicted octanol–water partition coefficient (Wildman–Crippen LogP) is -0.160. The molecule has 0 aromatic carbocycles. The Morgan fingerprint density at radius 2 is 1.40 bits per heavy atom. The van der Waals surface area contributed by atoms with Crippen LogP contribution in [0, 0.1) is 0 Å². The summed E-state index contributed by atoms with van der Waals surface area (Å²) < 4.78 is 0.954. The average Bonchev–Trinajstić information content (AvgIpc) is 1.59. The first kappa shape index (κ1) is 9.85. The Morgan fingerprint density at radius 3 is 1.40 bits per heavy atom. The summed E-state index contributed by atoms with van der Waals surface area (Å²) in [5.74, 6) is 1.10. The second-order valence-corrected chi connectivity index (χ2v) is 4.85. The minimum atomic E-state index is 0.910. The van der Waals surface area contributed by atoms with Gasteiger partial charge in [-0.05, 0) is 0 Å². The molecule has 60 valence electrons. The second kappa shape index (κ2) is 3.88. The van der Waals surface area contributed by atoms with Crippen LogP contribution in [0.25, 0.3) is 0 Å². The van der Waals surface area contributed by atoms with Crippen LogP contribution in [-0.4, -0.2) is 48.2 Å². The Labute approximate surface area is 70.9 Å². The standard InChI is InChI=1S/C6H15ClN2Si/c1-8(2)6(5(7)10)9(3)4/h1-4,10H3. The molecule has 0 aliphatic rings. The second-order valence-electron chi connectivity index (χ2n) is 2.65. The van der Waals surface area contributed by atoms with Gasteiger partial charge in [0, 0.05) is 32.8 Å². The van der Waals surface area contributed by atoms with E-state index in [1.165, 1.54) is 0 Å². The first-order chi connectivity index (χ1) is 4.46. The fourth-order valence-corrected chi connectivity index (χ4v) is 2.25. The van der Waals surface area contributed by atoms with Crippen molar-refractivity contribution in [1.82, 2.24) is 9.80 Å². The summed E-state index contributed by atoms with van der Waals surface area (Å²) in [4.78, 5) is 4.05. The Kier molecular flexibility index (Phi) is 3.82. The molecule has 0 aliphatic heterocycles. The molecule has 0 spiro atoms. The van der Waals surface area contributed by atoms with Crippen LogP contribution in [0.1, 0.15) is 0 Å². The van der Waals surface area contributed by atoms with Crippen LogP contribution in [0.2, 0.25) is 0 Å². The molecule has 0 aliphatic carbocycles. The molecule has 0 saturated heterocycles. The quantitative estimate of drug-likeness (QED) is 0.543. The molecule has 0 fully saturated rings. The van der Waals surface area contributed by atoms with Crippen LogP contribution in [-0.2, 0) is 0 Å². The van der Waals surface area contributed by atoms with Gasteiger partial charge in [0.2, 0.25) is 0 Å². The highest BCUT2D eigenvalue weighted by Gasteiger charge is 2.03. The normalized spacial score (nSPS) is 9.30. The molecule has 0 amide bonds. The maximum Gasteiger partial charge on any atom is 0.112 e. The van der Waals surface area contributed by atoms with Gasteiger partial charge >= 0.3 is 0 Å². The lowest BCUT2D eigenvalue weighted by molar-refractivity contribution is 0.342. The van der Waals surface area contributed by atoms with E-state index in [2.05, 4.69) is 0 Å². The maximum absolute atomic E-state index is 5.89. The third-order valence-corrected chi connectivity index (χ3v) is 1.77. The van der Waals surface area contributed by atoms with Gasteiger partial charge in [-0.15, -0.1) is 0 Å². The van der Waals surface area contributed by atoms with E-state index in [1.807, 2.05) is 38.0 Å². The molecule has 0 saturated carbocycles. The fraction of sp³-hybridized carbons (Fsp3) is 0.667. The van der Waals surface area contributed by atoms with Crippen LogP contribution in [0.15, 0.2) is 10.5 Å². The third-order valence-electron chi connectivity index (χ3n) is 1.16. The van der Waals surface area contributed by atoms with Crippen molar-refractivity contribution < 1.29 is 0 Å². The van der Waals surface area contributed by atoms with Gasteiger partial charge < -0.3 is 9.80 Å². The zero-order chi connectivity index (χ0) is 8.31. The van der Waals surface area contributed by atoms with Crippen molar-refractivity contribution in [1.29, 1.82) is 0 Å². The molecule has 0 bridgehead atoms. The number of rotatable bonds is 2. The monoisotopic (exact) mass is 178 g/mol. The van der Waals surface area contributed by atoms with Crippen molar-refractivity contribution in [3.05, 3.63) is 10.5 Å². The molecule has 4 heteroatoms. The molecular weight excluding hydrogens is 164 g/mol. The Balaban J connectivity index is 4.44. The lowest BCUT2D eigenvalue weighted by Gasteiger charge is -2.25. The first-order valence-electron chi connectivity index (χ1n) is 3.18. The van der Waals surface area contributed by atoms with E-state index in [0.717, 1.165) is 20.7 Å². The smallest absolute Gasteiger partial charge is 0.112 e. The van der Waals surface area contributed by atoms with Crippen molar-refractivity contribution in [3.8, 4) is 0 Å². The number of hydrogen-bond acceptors (Lipinski definition) is 2. The van der Waals surface area contributed by atoms with Gasteiger partial charge in [-0.25, -0.2) is 0 Å². The van der Waals surface area contributed by atoms with E-state index >= 15 is 0 Å². The summed E-state index contributed by atoms with van der Waals surface area (Å²) in [6, 6.07) is 0. The van der Waals surface area contributed by atoms with Crippen molar-refractivity contribution in [3.63, 3.8) is 0 Å². The van der Waals surface area contributed by atoms with Crippen molar-refractivity contribution in [2.45, 2.75) is 0 Å². The Morgan fingerprint density at radius 1 is 1.10 bits per heavy atom. The molecule has 0 radical (unpaired) electrons. The molecule has 0 N–H and O–H groups in total. The van der Waals surface area contributed by atoms with E-state index < -0.39 is 0 Å². The average molecular weight is 179 g/mol. The SMILES string of the molecule is CN(C)C(=C([SiH3])Cl)N(C)C. The Hall–Kier alpha value is -0.153. The minimum Gasteiger partial charge on any atom is -0.364 e. The van der Waals surface area contributed by atoms with Gasteiger partial charge in [-0.3, -0.25) is 0 Å². The summed E-state index contributed by atoms with van der Waals surface area (Å²) in [5.41, 5.74) is 0. The van der Waals surface area contributed by atoms with Crippen LogP contribution < -0.4 is 0 Å². The van der Waals surface area contributed by atoms with Gasteiger partial charge in [0.1, 0.15) is 5.82 Å². The zero-order valence-electron chi connectivity index (χ0n) is 7.27. The summed E-state index contributed by atoms with van der Waals surface area (Å²) in [6.07, 6.45) is 0. The molecule has 0 aromatic heterocycles. The predicted molar refractivity (Wildman–Crippen MR) is 50.2 cm³/mol. The molecule has 0 heterocycles. The maximum atomic E-state index is 5.89. The van der Waals surface area contributed by atoms with Crippen molar-refractivity contribution >= 4 is 21.8 Å². The van der Waals surface area contributed by atoms with Crippen LogP contribution in [0.5, 0.6) is 0 Å². The summed E-state index contributed by atoms with van der Waals surface area (Å²) in [6.45, 7) is 0. The first-order valence-corrected chi connectivity index (χ1v) is 4.55. The number of nitrogens with zero attached hydrogens (tertiary/aromatic N) is 2. The van der Waals surface area contributed by atoms with E-state index in [-0.39, 0.29) is 0 Å². The van der Waals surface area contributed by atoms with E-state index in [9.17, 15) is 0 Å². The fourth-order valence-electron chi connectivity index (χ4n) is 1.02. The highest BCUT2D eigenvalue weighted by molar-refractivity contribution is 6.52. The zero-order valence-corrected chi connectivity index (χ0v) is 10.0. The lowest BCUT2D eigenvalue weighted by Crippen LogP contribution is -2.25. The molecule has 2 nitrogen and oxygen atoms in total. The lowest BCUT2D eigenvalue weighted by atomic mass is 10.6. The molecule has 0 unspecified atom stereocenters. The van der Waals surface area contributed by atoms with Gasteiger partial charge in [0.15, 0.2) is 0 Å². The van der Waals surface area contributed by atoms with Gasteiger partial charge in [0.25, 0.3) is 0 Å². The Bertz CT molecular complexity index is 129. The molecular formula is C6H15ClN2Si. The molecule has 0 atom stereocenters. The van der Waals surface area contributed by atoms with E-state index in [0.29, 0.717) is 0 Å². The highest BCUT2D eigenvalue weighted by Crippen LogP contribution is 2.09. The van der Waals surface area contributed by atoms with Gasteiger partial charge in [0.05, 0.1) is 10.2 Å². The van der Waals surface area contributed by atoms with E-state index in [1.54, 1.807) is 0 Å². The van der Waals surface area contributed by atoms with Crippen molar-refractivity contribution in [2.24, 2.45) is 0 Å². The number of hydrogen-bond donors (Lipinski definition) is 0. The van der Waals surface area contributed by atoms with Crippen LogP contribution >= 0.6 is 11.6 Å². The molecule has 10 heavy (non-hydrogen) atoms. The highest BCUT2D eigenvalue weighted by atomic mass is 35.5. The largest absolute Gasteiger partial charge is 0.364 e. The third kappa shape index (κ3) is 2.62. The minimum absolute atomic E-state index is 0.910. The molecule has 0 aromatic rings. The van der Waals surface area contributed by atoms with Crippen LogP contribution in [0.3, 0.4) is 0 Å².